The number of carbonyl (C=O) groups is 2. The van der Waals surface area contributed by atoms with Crippen LogP contribution in [0.1, 0.15) is 25.8 Å². The first-order valence-corrected chi connectivity index (χ1v) is 6.36. The van der Waals surface area contributed by atoms with E-state index in [2.05, 4.69) is 5.32 Å². The van der Waals surface area contributed by atoms with Gasteiger partial charge in [0.1, 0.15) is 5.75 Å². The van der Waals surface area contributed by atoms with E-state index in [0.29, 0.717) is 18.8 Å². The maximum atomic E-state index is 11.5. The molecule has 1 aromatic rings. The first kappa shape index (κ1) is 13.4. The highest BCUT2D eigenvalue weighted by molar-refractivity contribution is 5.94. The highest BCUT2D eigenvalue weighted by Gasteiger charge is 2.18. The molecule has 1 aliphatic rings. The van der Waals surface area contributed by atoms with Gasteiger partial charge in [-0.1, -0.05) is 6.07 Å². The smallest absolute Gasteiger partial charge is 0.347 e. The number of amides is 1. The number of rotatable bonds is 4. The van der Waals surface area contributed by atoms with Gasteiger partial charge in [0.15, 0.2) is 6.10 Å². The van der Waals surface area contributed by atoms with Gasteiger partial charge in [-0.15, -0.1) is 0 Å². The molecule has 0 bridgehead atoms. The van der Waals surface area contributed by atoms with Crippen molar-refractivity contribution >= 4 is 17.6 Å². The fourth-order valence-corrected chi connectivity index (χ4v) is 1.94. The van der Waals surface area contributed by atoms with Gasteiger partial charge in [-0.3, -0.25) is 4.79 Å². The minimum Gasteiger partial charge on any atom is -0.479 e. The molecule has 1 N–H and O–H groups in total. The van der Waals surface area contributed by atoms with Crippen LogP contribution in [0.15, 0.2) is 18.2 Å². The highest BCUT2D eigenvalue weighted by Crippen LogP contribution is 2.27. The van der Waals surface area contributed by atoms with E-state index in [9.17, 15) is 9.59 Å². The summed E-state index contributed by atoms with van der Waals surface area (Å²) in [7, 11) is 0. The Hall–Kier alpha value is -2.04. The van der Waals surface area contributed by atoms with Crippen molar-refractivity contribution in [1.82, 2.24) is 0 Å². The maximum absolute atomic E-state index is 11.5. The van der Waals surface area contributed by atoms with E-state index in [0.717, 1.165) is 17.7 Å². The summed E-state index contributed by atoms with van der Waals surface area (Å²) in [5.74, 6) is 0.147. The van der Waals surface area contributed by atoms with Gasteiger partial charge >= 0.3 is 5.97 Å². The Balaban J connectivity index is 2.07. The Morgan fingerprint density at radius 3 is 2.95 bits per heavy atom. The second-order valence-corrected chi connectivity index (χ2v) is 4.38. The molecule has 0 fully saturated rings. The van der Waals surface area contributed by atoms with E-state index in [1.807, 2.05) is 6.07 Å². The van der Waals surface area contributed by atoms with Gasteiger partial charge < -0.3 is 14.8 Å². The van der Waals surface area contributed by atoms with Crippen LogP contribution in [0.25, 0.3) is 0 Å². The van der Waals surface area contributed by atoms with Gasteiger partial charge in [0.05, 0.1) is 6.61 Å². The molecule has 0 saturated heterocycles. The zero-order chi connectivity index (χ0) is 13.8. The van der Waals surface area contributed by atoms with Crippen LogP contribution in [0.4, 0.5) is 5.69 Å². The Morgan fingerprint density at radius 2 is 2.21 bits per heavy atom. The van der Waals surface area contributed by atoms with Gasteiger partial charge in [0.25, 0.3) is 0 Å². The Kier molecular flexibility index (Phi) is 4.04. The average molecular weight is 263 g/mol. The fraction of sp³-hybridized carbons (Fsp3) is 0.429. The zero-order valence-electron chi connectivity index (χ0n) is 11.1. The predicted octanol–water partition coefficient (Wildman–Crippen LogP) is 1.90. The van der Waals surface area contributed by atoms with Crippen molar-refractivity contribution in [3.63, 3.8) is 0 Å². The summed E-state index contributed by atoms with van der Waals surface area (Å²) >= 11 is 0. The minimum atomic E-state index is -0.669. The number of anilines is 1. The standard InChI is InChI=1S/C14H17NO4/c1-3-18-14(17)9(2)19-11-6-4-10-5-7-13(16)15-12(10)8-11/h4,6,8-9H,3,5,7H2,1-2H3,(H,15,16). The van der Waals surface area contributed by atoms with E-state index in [1.165, 1.54) is 0 Å². The van der Waals surface area contributed by atoms with E-state index < -0.39 is 12.1 Å². The van der Waals surface area contributed by atoms with Gasteiger partial charge in [-0.05, 0) is 31.9 Å². The van der Waals surface area contributed by atoms with Crippen molar-refractivity contribution in [2.24, 2.45) is 0 Å². The van der Waals surface area contributed by atoms with Crippen LogP contribution in [0, 0.1) is 0 Å². The quantitative estimate of drug-likeness (QED) is 0.843. The lowest BCUT2D eigenvalue weighted by atomic mass is 10.0. The van der Waals surface area contributed by atoms with Gasteiger partial charge in [0, 0.05) is 18.2 Å². The third kappa shape index (κ3) is 3.24. The molecule has 1 unspecified atom stereocenters. The first-order chi connectivity index (χ1) is 9.10. The monoisotopic (exact) mass is 263 g/mol. The number of aryl methyl sites for hydroxylation is 1. The maximum Gasteiger partial charge on any atom is 0.347 e. The molecular weight excluding hydrogens is 246 g/mol. The molecule has 2 rings (SSSR count). The molecule has 102 valence electrons. The molecule has 0 radical (unpaired) electrons. The number of ether oxygens (including phenoxy) is 2. The third-order valence-corrected chi connectivity index (χ3v) is 2.91. The highest BCUT2D eigenvalue weighted by atomic mass is 16.6. The summed E-state index contributed by atoms with van der Waals surface area (Å²) in [6.07, 6.45) is 0.568. The van der Waals surface area contributed by atoms with Gasteiger partial charge in [-0.2, -0.15) is 0 Å². The van der Waals surface area contributed by atoms with Crippen molar-refractivity contribution in [3.8, 4) is 5.75 Å². The van der Waals surface area contributed by atoms with Crippen LogP contribution < -0.4 is 10.1 Å². The number of nitrogens with one attached hydrogen (secondary N) is 1. The summed E-state index contributed by atoms with van der Waals surface area (Å²) in [4.78, 5) is 22.8. The largest absolute Gasteiger partial charge is 0.479 e. The Labute approximate surface area is 111 Å². The van der Waals surface area contributed by atoms with Crippen molar-refractivity contribution in [3.05, 3.63) is 23.8 Å². The molecule has 0 spiro atoms. The molecule has 5 heteroatoms. The first-order valence-electron chi connectivity index (χ1n) is 6.36. The van der Waals surface area contributed by atoms with Crippen LogP contribution in [-0.4, -0.2) is 24.6 Å². The molecule has 19 heavy (non-hydrogen) atoms. The molecule has 1 heterocycles. The lowest BCUT2D eigenvalue weighted by Gasteiger charge is -2.19. The number of esters is 1. The molecule has 1 amide bonds. The number of hydrogen-bond donors (Lipinski definition) is 1. The average Bonchev–Trinajstić information content (AvgIpc) is 2.38. The third-order valence-electron chi connectivity index (χ3n) is 2.91. The van der Waals surface area contributed by atoms with E-state index in [1.54, 1.807) is 26.0 Å². The molecule has 0 saturated carbocycles. The number of carbonyl (C=O) groups excluding carboxylic acids is 2. The second kappa shape index (κ2) is 5.73. The molecule has 0 aliphatic carbocycles. The van der Waals surface area contributed by atoms with Gasteiger partial charge in [-0.25, -0.2) is 4.79 Å². The van der Waals surface area contributed by atoms with Crippen LogP contribution in [0.3, 0.4) is 0 Å². The fourth-order valence-electron chi connectivity index (χ4n) is 1.94. The van der Waals surface area contributed by atoms with Gasteiger partial charge in [0.2, 0.25) is 5.91 Å². The Bertz CT molecular complexity index is 498. The van der Waals surface area contributed by atoms with Crippen LogP contribution >= 0.6 is 0 Å². The second-order valence-electron chi connectivity index (χ2n) is 4.38. The van der Waals surface area contributed by atoms with Crippen molar-refractivity contribution < 1.29 is 19.1 Å². The minimum absolute atomic E-state index is 0.00286. The molecule has 1 aromatic carbocycles. The number of fused-ring (bicyclic) bond motifs is 1. The SMILES string of the molecule is CCOC(=O)C(C)Oc1ccc2c(c1)NC(=O)CC2. The summed E-state index contributed by atoms with van der Waals surface area (Å²) in [6, 6.07) is 5.44. The molecule has 1 atom stereocenters. The summed E-state index contributed by atoms with van der Waals surface area (Å²) in [6.45, 7) is 3.71. The van der Waals surface area contributed by atoms with Crippen LogP contribution in [-0.2, 0) is 20.7 Å². The topological polar surface area (TPSA) is 64.6 Å². The summed E-state index contributed by atoms with van der Waals surface area (Å²) < 4.78 is 10.4. The van der Waals surface area contributed by atoms with E-state index in [4.69, 9.17) is 9.47 Å². The summed E-state index contributed by atoms with van der Waals surface area (Å²) in [5.41, 5.74) is 1.83. The zero-order valence-corrected chi connectivity index (χ0v) is 11.1. The predicted molar refractivity (Wildman–Crippen MR) is 70.1 cm³/mol. The lowest BCUT2D eigenvalue weighted by molar-refractivity contribution is -0.150. The van der Waals surface area contributed by atoms with Crippen molar-refractivity contribution in [2.45, 2.75) is 32.8 Å². The van der Waals surface area contributed by atoms with E-state index in [-0.39, 0.29) is 5.91 Å². The Morgan fingerprint density at radius 1 is 1.42 bits per heavy atom. The van der Waals surface area contributed by atoms with Crippen LogP contribution in [0.5, 0.6) is 5.75 Å². The van der Waals surface area contributed by atoms with Crippen molar-refractivity contribution in [2.75, 3.05) is 11.9 Å². The molecule has 5 nitrogen and oxygen atoms in total. The number of hydrogen-bond acceptors (Lipinski definition) is 4. The molecular formula is C14H17NO4. The van der Waals surface area contributed by atoms with Crippen LogP contribution in [0.2, 0.25) is 0 Å². The normalized spacial score (nSPS) is 15.2. The van der Waals surface area contributed by atoms with E-state index >= 15 is 0 Å². The number of benzene rings is 1. The molecule has 1 aliphatic heterocycles. The summed E-state index contributed by atoms with van der Waals surface area (Å²) in [5, 5.41) is 2.79. The molecule has 0 aromatic heterocycles. The lowest BCUT2D eigenvalue weighted by Crippen LogP contribution is -2.26. The van der Waals surface area contributed by atoms with Crippen molar-refractivity contribution in [1.29, 1.82) is 0 Å².